The highest BCUT2D eigenvalue weighted by Crippen LogP contribution is 2.44. The van der Waals surface area contributed by atoms with E-state index in [2.05, 4.69) is 41.5 Å². The number of ether oxygens (including phenoxy) is 2. The van der Waals surface area contributed by atoms with Crippen LogP contribution >= 0.6 is 0 Å². The minimum absolute atomic E-state index is 0.0113. The summed E-state index contributed by atoms with van der Waals surface area (Å²) in [5.41, 5.74) is 0.478. The molecule has 1 aliphatic heterocycles. The minimum atomic E-state index is -0.0113. The van der Waals surface area contributed by atoms with Crippen LogP contribution in [0.3, 0.4) is 0 Å². The maximum atomic E-state index is 6.12. The van der Waals surface area contributed by atoms with Crippen LogP contribution in [0.4, 0.5) is 0 Å². The number of rotatable bonds is 1. The lowest BCUT2D eigenvalue weighted by molar-refractivity contribution is -0.235. The fraction of sp³-hybridized carbons (Fsp3) is 1.00. The van der Waals surface area contributed by atoms with Gasteiger partial charge in [0.25, 0.3) is 0 Å². The molecule has 0 N–H and O–H groups in total. The summed E-state index contributed by atoms with van der Waals surface area (Å²) in [4.78, 5) is 0. The van der Waals surface area contributed by atoms with Crippen molar-refractivity contribution in [2.75, 3.05) is 7.11 Å². The van der Waals surface area contributed by atoms with Crippen LogP contribution in [0, 0.1) is 16.7 Å². The highest BCUT2D eigenvalue weighted by Gasteiger charge is 2.43. The molecule has 1 saturated heterocycles. The molecule has 16 heavy (non-hydrogen) atoms. The van der Waals surface area contributed by atoms with E-state index < -0.39 is 0 Å². The molecular weight excluding hydrogens is 200 g/mol. The van der Waals surface area contributed by atoms with Gasteiger partial charge in [-0.3, -0.25) is 0 Å². The Balaban J connectivity index is 2.85. The zero-order valence-electron chi connectivity index (χ0n) is 12.0. The molecular formula is C14H28O2. The largest absolute Gasteiger partial charge is 0.356 e. The molecule has 0 radical (unpaired) electrons. The molecule has 3 unspecified atom stereocenters. The van der Waals surface area contributed by atoms with Crippen LogP contribution < -0.4 is 0 Å². The van der Waals surface area contributed by atoms with Crippen molar-refractivity contribution < 1.29 is 9.47 Å². The Labute approximate surface area is 101 Å². The summed E-state index contributed by atoms with van der Waals surface area (Å²) in [5, 5.41) is 0. The summed E-state index contributed by atoms with van der Waals surface area (Å²) in [6.07, 6.45) is 2.49. The standard InChI is InChI=1S/C14H28O2/c1-13(2,3)10-8-9-11(15-7)16-12(10)14(4,5)6/h10-12H,8-9H2,1-7H3. The third kappa shape index (κ3) is 3.21. The molecule has 2 nitrogen and oxygen atoms in total. The molecule has 0 amide bonds. The Morgan fingerprint density at radius 3 is 1.88 bits per heavy atom. The highest BCUT2D eigenvalue weighted by molar-refractivity contribution is 4.90. The second kappa shape index (κ2) is 4.66. The summed E-state index contributed by atoms with van der Waals surface area (Å²) in [6.45, 7) is 13.7. The Kier molecular flexibility index (Phi) is 4.07. The summed E-state index contributed by atoms with van der Waals surface area (Å²) >= 11 is 0. The predicted molar refractivity (Wildman–Crippen MR) is 67.3 cm³/mol. The van der Waals surface area contributed by atoms with Crippen LogP contribution in [0.2, 0.25) is 0 Å². The van der Waals surface area contributed by atoms with Crippen molar-refractivity contribution in [2.24, 2.45) is 16.7 Å². The molecule has 0 aromatic carbocycles. The first-order valence-corrected chi connectivity index (χ1v) is 6.34. The van der Waals surface area contributed by atoms with Gasteiger partial charge >= 0.3 is 0 Å². The number of hydrogen-bond acceptors (Lipinski definition) is 2. The minimum Gasteiger partial charge on any atom is -0.356 e. The smallest absolute Gasteiger partial charge is 0.157 e. The van der Waals surface area contributed by atoms with Crippen molar-refractivity contribution >= 4 is 0 Å². The maximum Gasteiger partial charge on any atom is 0.157 e. The fourth-order valence-corrected chi connectivity index (χ4v) is 2.66. The van der Waals surface area contributed by atoms with E-state index in [1.165, 1.54) is 6.42 Å². The van der Waals surface area contributed by atoms with Gasteiger partial charge in [0.1, 0.15) is 0 Å². The predicted octanol–water partition coefficient (Wildman–Crippen LogP) is 3.85. The second-order valence-corrected chi connectivity index (χ2v) is 7.14. The van der Waals surface area contributed by atoms with E-state index in [0.717, 1.165) is 6.42 Å². The van der Waals surface area contributed by atoms with Gasteiger partial charge in [-0.25, -0.2) is 0 Å². The highest BCUT2D eigenvalue weighted by atomic mass is 16.7. The van der Waals surface area contributed by atoms with Gasteiger partial charge in [0, 0.05) is 7.11 Å². The zero-order valence-corrected chi connectivity index (χ0v) is 12.0. The number of methoxy groups -OCH3 is 1. The van der Waals surface area contributed by atoms with E-state index in [-0.39, 0.29) is 17.8 Å². The van der Waals surface area contributed by atoms with Crippen LogP contribution in [0.15, 0.2) is 0 Å². The van der Waals surface area contributed by atoms with Crippen LogP contribution in [-0.4, -0.2) is 19.5 Å². The van der Waals surface area contributed by atoms with E-state index in [4.69, 9.17) is 9.47 Å². The molecule has 0 spiro atoms. The first kappa shape index (κ1) is 14.0. The lowest BCUT2D eigenvalue weighted by Gasteiger charge is -2.48. The van der Waals surface area contributed by atoms with Gasteiger partial charge in [0.2, 0.25) is 0 Å². The Morgan fingerprint density at radius 1 is 0.938 bits per heavy atom. The van der Waals surface area contributed by atoms with Crippen molar-refractivity contribution in [1.82, 2.24) is 0 Å². The average molecular weight is 228 g/mol. The first-order valence-electron chi connectivity index (χ1n) is 6.34. The molecule has 0 aliphatic carbocycles. The third-order valence-electron chi connectivity index (χ3n) is 3.61. The van der Waals surface area contributed by atoms with Crippen LogP contribution in [0.5, 0.6) is 0 Å². The van der Waals surface area contributed by atoms with Crippen LogP contribution in [-0.2, 0) is 9.47 Å². The second-order valence-electron chi connectivity index (χ2n) is 7.14. The van der Waals surface area contributed by atoms with Gasteiger partial charge in [-0.15, -0.1) is 0 Å². The fourth-order valence-electron chi connectivity index (χ4n) is 2.66. The first-order chi connectivity index (χ1) is 7.16. The summed E-state index contributed by atoms with van der Waals surface area (Å²) in [5.74, 6) is 0.610. The molecule has 0 aromatic heterocycles. The molecule has 1 aliphatic rings. The van der Waals surface area contributed by atoms with Gasteiger partial charge < -0.3 is 9.47 Å². The quantitative estimate of drug-likeness (QED) is 0.678. The van der Waals surface area contributed by atoms with Gasteiger partial charge in [0.15, 0.2) is 6.29 Å². The SMILES string of the molecule is COC1CCC(C(C)(C)C)C(C(C)(C)C)O1. The maximum absolute atomic E-state index is 6.12. The van der Waals surface area contributed by atoms with Crippen molar-refractivity contribution in [3.05, 3.63) is 0 Å². The monoisotopic (exact) mass is 228 g/mol. The number of hydrogen-bond donors (Lipinski definition) is 0. The van der Waals surface area contributed by atoms with Gasteiger partial charge in [0.05, 0.1) is 6.10 Å². The van der Waals surface area contributed by atoms with Gasteiger partial charge in [-0.2, -0.15) is 0 Å². The van der Waals surface area contributed by atoms with E-state index in [1.807, 2.05) is 0 Å². The third-order valence-corrected chi connectivity index (χ3v) is 3.61. The van der Waals surface area contributed by atoms with E-state index in [9.17, 15) is 0 Å². The molecule has 3 atom stereocenters. The Hall–Kier alpha value is -0.0800. The van der Waals surface area contributed by atoms with Crippen LogP contribution in [0.1, 0.15) is 54.4 Å². The normalized spacial score (nSPS) is 32.8. The molecule has 0 bridgehead atoms. The lowest BCUT2D eigenvalue weighted by Crippen LogP contribution is -2.48. The van der Waals surface area contributed by atoms with Crippen molar-refractivity contribution in [3.63, 3.8) is 0 Å². The van der Waals surface area contributed by atoms with Gasteiger partial charge in [-0.1, -0.05) is 41.5 Å². The molecule has 2 heteroatoms. The van der Waals surface area contributed by atoms with Crippen LogP contribution in [0.25, 0.3) is 0 Å². The van der Waals surface area contributed by atoms with E-state index in [0.29, 0.717) is 11.3 Å². The van der Waals surface area contributed by atoms with E-state index in [1.54, 1.807) is 7.11 Å². The summed E-state index contributed by atoms with van der Waals surface area (Å²) in [7, 11) is 1.74. The topological polar surface area (TPSA) is 18.5 Å². The summed E-state index contributed by atoms with van der Waals surface area (Å²) in [6, 6.07) is 0. The Bertz CT molecular complexity index is 222. The average Bonchev–Trinajstić information content (AvgIpc) is 2.14. The molecule has 96 valence electrons. The summed E-state index contributed by atoms with van der Waals surface area (Å²) < 4.78 is 11.5. The van der Waals surface area contributed by atoms with E-state index >= 15 is 0 Å². The molecule has 1 rings (SSSR count). The van der Waals surface area contributed by atoms with Crippen molar-refractivity contribution in [3.8, 4) is 0 Å². The Morgan fingerprint density at radius 2 is 1.50 bits per heavy atom. The van der Waals surface area contributed by atoms with Crippen molar-refractivity contribution in [2.45, 2.75) is 66.8 Å². The van der Waals surface area contributed by atoms with Gasteiger partial charge in [-0.05, 0) is 29.6 Å². The molecule has 1 heterocycles. The molecule has 0 aromatic rings. The molecule has 0 saturated carbocycles. The van der Waals surface area contributed by atoms with Crippen molar-refractivity contribution in [1.29, 1.82) is 0 Å². The molecule has 1 fully saturated rings. The zero-order chi connectivity index (χ0) is 12.6. The lowest BCUT2D eigenvalue weighted by atomic mass is 9.67.